The van der Waals surface area contributed by atoms with E-state index in [2.05, 4.69) is 75.4 Å². The molecule has 0 saturated carbocycles. The third kappa shape index (κ3) is 7.84. The number of allylic oxidation sites excluding steroid dienone is 2. The van der Waals surface area contributed by atoms with Crippen molar-refractivity contribution < 1.29 is 4.74 Å². The molecule has 174 valence electrons. The van der Waals surface area contributed by atoms with Gasteiger partial charge in [-0.3, -0.25) is 0 Å². The molecule has 0 saturated heterocycles. The summed E-state index contributed by atoms with van der Waals surface area (Å²) < 4.78 is 5.99. The Bertz CT molecular complexity index is 799. The Morgan fingerprint density at radius 1 is 0.781 bits per heavy atom. The average molecular weight is 433 g/mol. The van der Waals surface area contributed by atoms with Crippen LogP contribution in [0.3, 0.4) is 0 Å². The van der Waals surface area contributed by atoms with Crippen LogP contribution in [-0.4, -0.2) is 6.10 Å². The highest BCUT2D eigenvalue weighted by Gasteiger charge is 2.15. The second kappa shape index (κ2) is 13.5. The van der Waals surface area contributed by atoms with Crippen LogP contribution < -0.4 is 4.74 Å². The van der Waals surface area contributed by atoms with Crippen molar-refractivity contribution in [1.82, 2.24) is 0 Å². The topological polar surface area (TPSA) is 9.23 Å². The molecule has 2 aromatic rings. The monoisotopic (exact) mass is 432 g/mol. The Morgan fingerprint density at radius 3 is 2.03 bits per heavy atom. The minimum Gasteiger partial charge on any atom is -0.491 e. The lowest BCUT2D eigenvalue weighted by Gasteiger charge is -2.22. The Kier molecular flexibility index (Phi) is 10.4. The number of rotatable bonds is 13. The lowest BCUT2D eigenvalue weighted by Crippen LogP contribution is -2.10. The van der Waals surface area contributed by atoms with Gasteiger partial charge in [0.15, 0.2) is 0 Å². The molecule has 0 radical (unpaired) electrons. The summed E-state index contributed by atoms with van der Waals surface area (Å²) in [6.45, 7) is 6.64. The van der Waals surface area contributed by atoms with E-state index in [0.29, 0.717) is 0 Å². The van der Waals surface area contributed by atoms with Crippen molar-refractivity contribution in [3.05, 3.63) is 60.2 Å². The van der Waals surface area contributed by atoms with Gasteiger partial charge in [-0.05, 0) is 72.9 Å². The van der Waals surface area contributed by atoms with Crippen molar-refractivity contribution >= 4 is 5.57 Å². The van der Waals surface area contributed by atoms with Crippen LogP contribution in [0.25, 0.3) is 16.7 Å². The van der Waals surface area contributed by atoms with Crippen LogP contribution in [0.2, 0.25) is 0 Å². The molecule has 2 aromatic carbocycles. The van der Waals surface area contributed by atoms with Gasteiger partial charge in [-0.25, -0.2) is 0 Å². The third-order valence-corrected chi connectivity index (χ3v) is 6.96. The van der Waals surface area contributed by atoms with E-state index >= 15 is 0 Å². The van der Waals surface area contributed by atoms with Gasteiger partial charge < -0.3 is 4.74 Å². The van der Waals surface area contributed by atoms with Crippen molar-refractivity contribution in [2.24, 2.45) is 5.92 Å². The molecule has 2 atom stereocenters. The second-order valence-electron chi connectivity index (χ2n) is 9.75. The molecule has 1 nitrogen and oxygen atoms in total. The standard InChI is InChI=1S/C31H44O/c1-4-6-7-8-9-10-12-26-13-15-27(16-14-26)28-17-19-29(20-18-28)30-21-23-31(24-22-30)32-25(3)11-5-2/h15,17-26H,4-14,16H2,1-3H3. The van der Waals surface area contributed by atoms with Gasteiger partial charge in [0.25, 0.3) is 0 Å². The van der Waals surface area contributed by atoms with Gasteiger partial charge in [0.1, 0.15) is 5.75 Å². The maximum atomic E-state index is 5.99. The largest absolute Gasteiger partial charge is 0.491 e. The van der Waals surface area contributed by atoms with Crippen LogP contribution in [0.1, 0.15) is 103 Å². The van der Waals surface area contributed by atoms with Gasteiger partial charge in [0, 0.05) is 0 Å². The quantitative estimate of drug-likeness (QED) is 0.286. The van der Waals surface area contributed by atoms with Gasteiger partial charge in [-0.2, -0.15) is 0 Å². The van der Waals surface area contributed by atoms with Gasteiger partial charge in [0.2, 0.25) is 0 Å². The van der Waals surface area contributed by atoms with Crippen LogP contribution in [0.15, 0.2) is 54.6 Å². The first-order valence-electron chi connectivity index (χ1n) is 13.3. The molecule has 32 heavy (non-hydrogen) atoms. The Balaban J connectivity index is 1.48. The third-order valence-electron chi connectivity index (χ3n) is 6.96. The SMILES string of the molecule is CCCCCCCCC1CC=C(c2ccc(-c3ccc(OC(C)CCC)cc3)cc2)CC1. The van der Waals surface area contributed by atoms with Crippen molar-refractivity contribution in [2.45, 2.75) is 104 Å². The smallest absolute Gasteiger partial charge is 0.119 e. The molecular weight excluding hydrogens is 388 g/mol. The number of hydrogen-bond acceptors (Lipinski definition) is 1. The number of hydrogen-bond donors (Lipinski definition) is 0. The highest BCUT2D eigenvalue weighted by Crippen LogP contribution is 2.34. The van der Waals surface area contributed by atoms with E-state index in [0.717, 1.165) is 24.5 Å². The summed E-state index contributed by atoms with van der Waals surface area (Å²) in [5.74, 6) is 1.87. The van der Waals surface area contributed by atoms with Crippen LogP contribution in [0.5, 0.6) is 5.75 Å². The fraction of sp³-hybridized carbons (Fsp3) is 0.548. The fourth-order valence-corrected chi connectivity index (χ4v) is 4.93. The summed E-state index contributed by atoms with van der Waals surface area (Å²) >= 11 is 0. The van der Waals surface area contributed by atoms with E-state index in [1.807, 2.05) is 0 Å². The number of ether oxygens (including phenoxy) is 1. The molecule has 0 spiro atoms. The molecule has 0 fully saturated rings. The first kappa shape index (κ1) is 24.6. The molecular formula is C31H44O. The van der Waals surface area contributed by atoms with Gasteiger partial charge >= 0.3 is 0 Å². The zero-order valence-electron chi connectivity index (χ0n) is 20.7. The van der Waals surface area contributed by atoms with Crippen LogP contribution >= 0.6 is 0 Å². The zero-order chi connectivity index (χ0) is 22.6. The van der Waals surface area contributed by atoms with Gasteiger partial charge in [-0.1, -0.05) is 108 Å². The molecule has 1 heteroatoms. The maximum absolute atomic E-state index is 5.99. The van der Waals surface area contributed by atoms with Crippen LogP contribution in [0, 0.1) is 5.92 Å². The lowest BCUT2D eigenvalue weighted by molar-refractivity contribution is 0.210. The van der Waals surface area contributed by atoms with Gasteiger partial charge in [0.05, 0.1) is 6.10 Å². The fourth-order valence-electron chi connectivity index (χ4n) is 4.93. The van der Waals surface area contributed by atoms with Crippen molar-refractivity contribution in [2.75, 3.05) is 0 Å². The number of unbranched alkanes of at least 4 members (excludes halogenated alkanes) is 5. The van der Waals surface area contributed by atoms with Gasteiger partial charge in [-0.15, -0.1) is 0 Å². The molecule has 0 N–H and O–H groups in total. The summed E-state index contributed by atoms with van der Waals surface area (Å²) in [7, 11) is 0. The predicted molar refractivity (Wildman–Crippen MR) is 140 cm³/mol. The predicted octanol–water partition coefficient (Wildman–Crippen LogP) is 9.86. The zero-order valence-corrected chi connectivity index (χ0v) is 20.7. The summed E-state index contributed by atoms with van der Waals surface area (Å²) in [6, 6.07) is 17.7. The molecule has 0 aromatic heterocycles. The van der Waals surface area contributed by atoms with E-state index in [1.165, 1.54) is 80.9 Å². The minimum absolute atomic E-state index is 0.277. The summed E-state index contributed by atoms with van der Waals surface area (Å²) in [4.78, 5) is 0. The molecule has 0 amide bonds. The van der Waals surface area contributed by atoms with E-state index < -0.39 is 0 Å². The molecule has 1 aliphatic carbocycles. The maximum Gasteiger partial charge on any atom is 0.119 e. The average Bonchev–Trinajstić information content (AvgIpc) is 2.82. The Morgan fingerprint density at radius 2 is 1.41 bits per heavy atom. The highest BCUT2D eigenvalue weighted by atomic mass is 16.5. The van der Waals surface area contributed by atoms with E-state index in [-0.39, 0.29) is 6.10 Å². The Hall–Kier alpha value is -2.02. The van der Waals surface area contributed by atoms with E-state index in [9.17, 15) is 0 Å². The Labute approximate surface area is 197 Å². The molecule has 1 aliphatic rings. The summed E-state index contributed by atoms with van der Waals surface area (Å²) in [5, 5.41) is 0. The first-order valence-corrected chi connectivity index (χ1v) is 13.3. The molecule has 0 aliphatic heterocycles. The molecule has 3 rings (SSSR count). The van der Waals surface area contributed by atoms with E-state index in [4.69, 9.17) is 4.74 Å². The van der Waals surface area contributed by atoms with E-state index in [1.54, 1.807) is 5.57 Å². The van der Waals surface area contributed by atoms with Crippen molar-refractivity contribution in [3.8, 4) is 16.9 Å². The van der Waals surface area contributed by atoms with Crippen LogP contribution in [-0.2, 0) is 0 Å². The lowest BCUT2D eigenvalue weighted by atomic mass is 9.83. The summed E-state index contributed by atoms with van der Waals surface area (Å²) in [6.07, 6.45) is 18.8. The molecule has 0 heterocycles. The number of benzene rings is 2. The summed E-state index contributed by atoms with van der Waals surface area (Å²) in [5.41, 5.74) is 5.48. The molecule has 2 unspecified atom stereocenters. The molecule has 0 bridgehead atoms. The van der Waals surface area contributed by atoms with Crippen molar-refractivity contribution in [1.29, 1.82) is 0 Å². The van der Waals surface area contributed by atoms with Crippen LogP contribution in [0.4, 0.5) is 0 Å². The first-order chi connectivity index (χ1) is 15.7. The normalized spacial score (nSPS) is 17.1. The minimum atomic E-state index is 0.277. The highest BCUT2D eigenvalue weighted by molar-refractivity contribution is 5.71. The van der Waals surface area contributed by atoms with Crippen molar-refractivity contribution in [3.63, 3.8) is 0 Å². The second-order valence-corrected chi connectivity index (χ2v) is 9.75.